The molecule has 2 unspecified atom stereocenters. The Balaban J connectivity index is 2.53. The van der Waals surface area contributed by atoms with Gasteiger partial charge >= 0.3 is 0 Å². The summed E-state index contributed by atoms with van der Waals surface area (Å²) in [6, 6.07) is 0.0208. The normalized spacial score (nSPS) is 15.9. The molecule has 0 saturated carbocycles. The second kappa shape index (κ2) is 4.21. The number of rotatable bonds is 4. The van der Waals surface area contributed by atoms with Crippen molar-refractivity contribution in [1.29, 1.82) is 0 Å². The van der Waals surface area contributed by atoms with Gasteiger partial charge in [0.1, 0.15) is 12.7 Å². The minimum atomic E-state index is -0.323. The van der Waals surface area contributed by atoms with Crippen molar-refractivity contribution in [3.63, 3.8) is 0 Å². The summed E-state index contributed by atoms with van der Waals surface area (Å²) in [6.45, 7) is 3.99. The Labute approximate surface area is 72.2 Å². The molecule has 0 aromatic carbocycles. The van der Waals surface area contributed by atoms with E-state index in [2.05, 4.69) is 17.0 Å². The summed E-state index contributed by atoms with van der Waals surface area (Å²) in [6.07, 6.45) is 4.58. The zero-order valence-electron chi connectivity index (χ0n) is 7.51. The van der Waals surface area contributed by atoms with E-state index in [0.29, 0.717) is 0 Å². The molecule has 12 heavy (non-hydrogen) atoms. The molecule has 68 valence electrons. The van der Waals surface area contributed by atoms with Crippen LogP contribution in [-0.4, -0.2) is 26.0 Å². The second-order valence-corrected chi connectivity index (χ2v) is 2.97. The smallest absolute Gasteiger partial charge is 0.137 e. The average molecular weight is 169 g/mol. The first kappa shape index (κ1) is 9.19. The van der Waals surface area contributed by atoms with Gasteiger partial charge < -0.3 is 5.11 Å². The van der Waals surface area contributed by atoms with Crippen LogP contribution in [0, 0.1) is 0 Å². The molecule has 1 N–H and O–H groups in total. The van der Waals surface area contributed by atoms with Crippen molar-refractivity contribution in [3.8, 4) is 0 Å². The van der Waals surface area contributed by atoms with E-state index in [-0.39, 0.29) is 12.1 Å². The highest BCUT2D eigenvalue weighted by Gasteiger charge is 2.14. The molecule has 0 aliphatic carbocycles. The van der Waals surface area contributed by atoms with E-state index in [0.717, 1.165) is 12.8 Å². The van der Waals surface area contributed by atoms with Crippen molar-refractivity contribution in [2.24, 2.45) is 0 Å². The lowest BCUT2D eigenvalue weighted by Gasteiger charge is -2.17. The van der Waals surface area contributed by atoms with Crippen molar-refractivity contribution < 1.29 is 5.11 Å². The molecule has 0 spiro atoms. The monoisotopic (exact) mass is 169 g/mol. The van der Waals surface area contributed by atoms with Gasteiger partial charge in [-0.05, 0) is 13.3 Å². The third-order valence-corrected chi connectivity index (χ3v) is 2.00. The molecule has 2 atom stereocenters. The van der Waals surface area contributed by atoms with Crippen LogP contribution >= 0.6 is 0 Å². The van der Waals surface area contributed by atoms with Gasteiger partial charge in [-0.1, -0.05) is 13.3 Å². The molecule has 1 aromatic rings. The van der Waals surface area contributed by atoms with E-state index in [1.54, 1.807) is 11.0 Å². The molecule has 0 fully saturated rings. The summed E-state index contributed by atoms with van der Waals surface area (Å²) in [4.78, 5) is 3.83. The first-order valence-corrected chi connectivity index (χ1v) is 4.28. The fourth-order valence-corrected chi connectivity index (χ4v) is 1.14. The highest BCUT2D eigenvalue weighted by Crippen LogP contribution is 2.12. The average Bonchev–Trinajstić information content (AvgIpc) is 2.55. The quantitative estimate of drug-likeness (QED) is 0.731. The first-order chi connectivity index (χ1) is 5.75. The number of aliphatic hydroxyl groups is 1. The standard InChI is InChI=1S/C8H15N3O/c1-3-4-8(12)7(2)11-6-9-5-10-11/h5-8,12H,3-4H2,1-2H3. The van der Waals surface area contributed by atoms with Gasteiger partial charge in [-0.3, -0.25) is 0 Å². The molecule has 0 saturated heterocycles. The van der Waals surface area contributed by atoms with E-state index in [4.69, 9.17) is 0 Å². The SMILES string of the molecule is CCCC(O)C(C)n1cncn1. The Bertz CT molecular complexity index is 210. The van der Waals surface area contributed by atoms with E-state index in [1.165, 1.54) is 6.33 Å². The van der Waals surface area contributed by atoms with E-state index in [9.17, 15) is 5.11 Å². The second-order valence-electron chi connectivity index (χ2n) is 2.97. The van der Waals surface area contributed by atoms with E-state index < -0.39 is 0 Å². The Morgan fingerprint density at radius 1 is 1.58 bits per heavy atom. The molecule has 1 heterocycles. The third kappa shape index (κ3) is 2.04. The zero-order chi connectivity index (χ0) is 8.97. The largest absolute Gasteiger partial charge is 0.391 e. The maximum Gasteiger partial charge on any atom is 0.137 e. The summed E-state index contributed by atoms with van der Waals surface area (Å²) >= 11 is 0. The summed E-state index contributed by atoms with van der Waals surface area (Å²) in [5.74, 6) is 0. The molecule has 1 aromatic heterocycles. The van der Waals surface area contributed by atoms with Gasteiger partial charge in [0.2, 0.25) is 0 Å². The van der Waals surface area contributed by atoms with Gasteiger partial charge in [-0.2, -0.15) is 5.10 Å². The number of nitrogens with zero attached hydrogens (tertiary/aromatic N) is 3. The third-order valence-electron chi connectivity index (χ3n) is 2.00. The van der Waals surface area contributed by atoms with Crippen LogP contribution < -0.4 is 0 Å². The fourth-order valence-electron chi connectivity index (χ4n) is 1.14. The lowest BCUT2D eigenvalue weighted by atomic mass is 10.1. The van der Waals surface area contributed by atoms with Gasteiger partial charge in [-0.25, -0.2) is 9.67 Å². The van der Waals surface area contributed by atoms with Crippen molar-refractivity contribution in [2.75, 3.05) is 0 Å². The van der Waals surface area contributed by atoms with Crippen molar-refractivity contribution in [2.45, 2.75) is 38.8 Å². The minimum absolute atomic E-state index is 0.0208. The highest BCUT2D eigenvalue weighted by atomic mass is 16.3. The Morgan fingerprint density at radius 3 is 2.83 bits per heavy atom. The lowest BCUT2D eigenvalue weighted by Crippen LogP contribution is -2.21. The topological polar surface area (TPSA) is 50.9 Å². The van der Waals surface area contributed by atoms with E-state index in [1.807, 2.05) is 6.92 Å². The molecular formula is C8H15N3O. The molecule has 0 amide bonds. The molecule has 0 radical (unpaired) electrons. The Kier molecular flexibility index (Phi) is 3.22. The predicted octanol–water partition coefficient (Wildman–Crippen LogP) is 1.00. The summed E-state index contributed by atoms with van der Waals surface area (Å²) in [7, 11) is 0. The van der Waals surface area contributed by atoms with Crippen LogP contribution in [0.1, 0.15) is 32.7 Å². The summed E-state index contributed by atoms with van der Waals surface area (Å²) in [5.41, 5.74) is 0. The zero-order valence-corrected chi connectivity index (χ0v) is 7.51. The Hall–Kier alpha value is -0.900. The van der Waals surface area contributed by atoms with Gasteiger partial charge in [0.25, 0.3) is 0 Å². The van der Waals surface area contributed by atoms with Crippen LogP contribution in [0.5, 0.6) is 0 Å². The lowest BCUT2D eigenvalue weighted by molar-refractivity contribution is 0.105. The molecule has 1 rings (SSSR count). The van der Waals surface area contributed by atoms with Crippen molar-refractivity contribution >= 4 is 0 Å². The van der Waals surface area contributed by atoms with Crippen LogP contribution in [0.2, 0.25) is 0 Å². The summed E-state index contributed by atoms with van der Waals surface area (Å²) in [5, 5.41) is 13.6. The summed E-state index contributed by atoms with van der Waals surface area (Å²) < 4.78 is 1.68. The number of hydrogen-bond acceptors (Lipinski definition) is 3. The fraction of sp³-hybridized carbons (Fsp3) is 0.750. The number of aromatic nitrogens is 3. The molecule has 4 heteroatoms. The van der Waals surface area contributed by atoms with Crippen molar-refractivity contribution in [1.82, 2.24) is 14.8 Å². The maximum absolute atomic E-state index is 9.60. The van der Waals surface area contributed by atoms with Crippen molar-refractivity contribution in [3.05, 3.63) is 12.7 Å². The molecule has 0 aliphatic heterocycles. The molecule has 0 bridgehead atoms. The maximum atomic E-state index is 9.60. The van der Waals surface area contributed by atoms with Gasteiger partial charge in [0.05, 0.1) is 12.1 Å². The van der Waals surface area contributed by atoms with Crippen LogP contribution in [-0.2, 0) is 0 Å². The van der Waals surface area contributed by atoms with E-state index >= 15 is 0 Å². The molecule has 0 aliphatic rings. The van der Waals surface area contributed by atoms with Crippen LogP contribution in [0.15, 0.2) is 12.7 Å². The van der Waals surface area contributed by atoms with Crippen LogP contribution in [0.4, 0.5) is 0 Å². The Morgan fingerprint density at radius 2 is 2.33 bits per heavy atom. The van der Waals surface area contributed by atoms with Gasteiger partial charge in [-0.15, -0.1) is 0 Å². The molecular weight excluding hydrogens is 154 g/mol. The highest BCUT2D eigenvalue weighted by molar-refractivity contribution is 4.71. The van der Waals surface area contributed by atoms with Crippen LogP contribution in [0.25, 0.3) is 0 Å². The predicted molar refractivity (Wildman–Crippen MR) is 45.6 cm³/mol. The first-order valence-electron chi connectivity index (χ1n) is 4.28. The van der Waals surface area contributed by atoms with Crippen LogP contribution in [0.3, 0.4) is 0 Å². The number of aliphatic hydroxyl groups excluding tert-OH is 1. The van der Waals surface area contributed by atoms with Gasteiger partial charge in [0.15, 0.2) is 0 Å². The van der Waals surface area contributed by atoms with Gasteiger partial charge in [0, 0.05) is 0 Å². The number of hydrogen-bond donors (Lipinski definition) is 1. The molecule has 4 nitrogen and oxygen atoms in total. The minimum Gasteiger partial charge on any atom is -0.391 e.